The SMILES string of the molecule is COc1ccc(-c2ccc3nc(C)c(-c4cnc(N)c(C(F)(F)F)c4)n3n2)cc1OC. The van der Waals surface area contributed by atoms with Gasteiger partial charge in [0.25, 0.3) is 0 Å². The average Bonchev–Trinajstić information content (AvgIpc) is 3.07. The second kappa shape index (κ2) is 7.46. The molecule has 0 aliphatic heterocycles. The smallest absolute Gasteiger partial charge is 0.419 e. The number of nitrogens with zero attached hydrogens (tertiary/aromatic N) is 4. The van der Waals surface area contributed by atoms with Gasteiger partial charge in [-0.3, -0.25) is 0 Å². The molecule has 160 valence electrons. The normalized spacial score (nSPS) is 11.7. The molecule has 2 N–H and O–H groups in total. The minimum absolute atomic E-state index is 0.212. The van der Waals surface area contributed by atoms with Crippen molar-refractivity contribution in [2.45, 2.75) is 13.1 Å². The van der Waals surface area contributed by atoms with Gasteiger partial charge in [-0.2, -0.15) is 18.3 Å². The Hall–Kier alpha value is -3.82. The second-order valence-corrected chi connectivity index (χ2v) is 6.76. The van der Waals surface area contributed by atoms with Gasteiger partial charge in [-0.25, -0.2) is 14.5 Å². The summed E-state index contributed by atoms with van der Waals surface area (Å²) in [6.45, 7) is 1.70. The van der Waals surface area contributed by atoms with E-state index in [4.69, 9.17) is 15.2 Å². The number of fused-ring (bicyclic) bond motifs is 1. The van der Waals surface area contributed by atoms with Crippen LogP contribution in [0, 0.1) is 6.92 Å². The van der Waals surface area contributed by atoms with E-state index in [2.05, 4.69) is 15.1 Å². The van der Waals surface area contributed by atoms with Gasteiger partial charge in [-0.15, -0.1) is 0 Å². The van der Waals surface area contributed by atoms with E-state index >= 15 is 0 Å². The summed E-state index contributed by atoms with van der Waals surface area (Å²) < 4.78 is 52.1. The van der Waals surface area contributed by atoms with Gasteiger partial charge in [-0.05, 0) is 43.3 Å². The number of nitrogen functional groups attached to an aromatic ring is 1. The fourth-order valence-corrected chi connectivity index (χ4v) is 3.36. The number of anilines is 1. The van der Waals surface area contributed by atoms with Gasteiger partial charge >= 0.3 is 6.18 Å². The molecule has 0 bridgehead atoms. The summed E-state index contributed by atoms with van der Waals surface area (Å²) in [6, 6.07) is 9.80. The molecule has 4 aromatic rings. The van der Waals surface area contributed by atoms with Crippen LogP contribution in [0.25, 0.3) is 28.2 Å². The Balaban J connectivity index is 1.89. The molecule has 0 aliphatic carbocycles. The monoisotopic (exact) mass is 429 g/mol. The first-order chi connectivity index (χ1) is 14.7. The first-order valence-corrected chi connectivity index (χ1v) is 9.14. The number of hydrogen-bond acceptors (Lipinski definition) is 6. The van der Waals surface area contributed by atoms with E-state index in [1.807, 2.05) is 6.07 Å². The van der Waals surface area contributed by atoms with Crippen molar-refractivity contribution in [3.63, 3.8) is 0 Å². The molecule has 0 saturated carbocycles. The Morgan fingerprint density at radius 2 is 1.71 bits per heavy atom. The van der Waals surface area contributed by atoms with Gasteiger partial charge in [-0.1, -0.05) is 0 Å². The van der Waals surface area contributed by atoms with Gasteiger partial charge in [0.15, 0.2) is 17.1 Å². The van der Waals surface area contributed by atoms with Crippen molar-refractivity contribution in [3.8, 4) is 34.0 Å². The lowest BCUT2D eigenvalue weighted by Crippen LogP contribution is -2.11. The molecule has 4 rings (SSSR count). The summed E-state index contributed by atoms with van der Waals surface area (Å²) in [5, 5.41) is 4.61. The minimum atomic E-state index is -4.63. The molecule has 31 heavy (non-hydrogen) atoms. The first-order valence-electron chi connectivity index (χ1n) is 9.14. The molecule has 1 aromatic carbocycles. The summed E-state index contributed by atoms with van der Waals surface area (Å²) in [5.74, 6) is 0.516. The Morgan fingerprint density at radius 3 is 2.39 bits per heavy atom. The van der Waals surface area contributed by atoms with Gasteiger partial charge in [0.05, 0.1) is 36.9 Å². The number of imidazole rings is 1. The number of ether oxygens (including phenoxy) is 2. The van der Waals surface area contributed by atoms with Crippen LogP contribution in [0.15, 0.2) is 42.6 Å². The van der Waals surface area contributed by atoms with E-state index in [1.165, 1.54) is 24.9 Å². The number of hydrogen-bond donors (Lipinski definition) is 1. The maximum atomic E-state index is 13.3. The quantitative estimate of drug-likeness (QED) is 0.518. The van der Waals surface area contributed by atoms with Crippen LogP contribution >= 0.6 is 0 Å². The number of aryl methyl sites for hydroxylation is 1. The standard InChI is InChI=1S/C21H18F3N5O2/c1-11-19(13-8-14(21(22,23)24)20(25)26-10-13)29-18(27-11)7-5-15(28-29)12-4-6-16(30-2)17(9-12)31-3/h4-10H,1-3H3,(H2,25,26). The summed E-state index contributed by atoms with van der Waals surface area (Å²) >= 11 is 0. The lowest BCUT2D eigenvalue weighted by atomic mass is 10.1. The third-order valence-electron chi connectivity index (χ3n) is 4.83. The zero-order valence-electron chi connectivity index (χ0n) is 16.9. The summed E-state index contributed by atoms with van der Waals surface area (Å²) in [6.07, 6.45) is -3.34. The zero-order chi connectivity index (χ0) is 22.3. The van der Waals surface area contributed by atoms with Crippen LogP contribution in [-0.2, 0) is 6.18 Å². The maximum absolute atomic E-state index is 13.3. The van der Waals surface area contributed by atoms with Crippen LogP contribution in [-0.4, -0.2) is 33.8 Å². The number of methoxy groups -OCH3 is 2. The van der Waals surface area contributed by atoms with Crippen LogP contribution in [0.4, 0.5) is 19.0 Å². The highest BCUT2D eigenvalue weighted by Crippen LogP contribution is 2.36. The highest BCUT2D eigenvalue weighted by atomic mass is 19.4. The average molecular weight is 429 g/mol. The molecule has 0 aliphatic rings. The highest BCUT2D eigenvalue weighted by molar-refractivity contribution is 5.70. The maximum Gasteiger partial charge on any atom is 0.419 e. The Morgan fingerprint density at radius 1 is 0.968 bits per heavy atom. The third kappa shape index (κ3) is 3.60. The van der Waals surface area contributed by atoms with E-state index in [-0.39, 0.29) is 5.56 Å². The fourth-order valence-electron chi connectivity index (χ4n) is 3.36. The molecule has 3 aromatic heterocycles. The number of benzene rings is 1. The van der Waals surface area contributed by atoms with Crippen molar-refractivity contribution < 1.29 is 22.6 Å². The van der Waals surface area contributed by atoms with Crippen LogP contribution in [0.2, 0.25) is 0 Å². The first kappa shape index (κ1) is 20.5. The molecule has 0 fully saturated rings. The van der Waals surface area contributed by atoms with Gasteiger partial charge < -0.3 is 15.2 Å². The van der Waals surface area contributed by atoms with Crippen LogP contribution < -0.4 is 15.2 Å². The van der Waals surface area contributed by atoms with E-state index < -0.39 is 17.6 Å². The molecule has 3 heterocycles. The zero-order valence-corrected chi connectivity index (χ0v) is 16.9. The number of pyridine rings is 1. The van der Waals surface area contributed by atoms with Crippen molar-refractivity contribution >= 4 is 11.5 Å². The lowest BCUT2D eigenvalue weighted by Gasteiger charge is -2.12. The molecule has 0 atom stereocenters. The van der Waals surface area contributed by atoms with Crippen molar-refractivity contribution in [1.29, 1.82) is 0 Å². The van der Waals surface area contributed by atoms with E-state index in [0.717, 1.165) is 11.6 Å². The number of aromatic nitrogens is 4. The molecular weight excluding hydrogens is 411 g/mol. The fraction of sp³-hybridized carbons (Fsp3) is 0.190. The highest BCUT2D eigenvalue weighted by Gasteiger charge is 2.34. The molecule has 0 saturated heterocycles. The topological polar surface area (TPSA) is 87.6 Å². The predicted molar refractivity (Wildman–Crippen MR) is 109 cm³/mol. The van der Waals surface area contributed by atoms with E-state index in [0.29, 0.717) is 34.2 Å². The molecule has 0 amide bonds. The Labute approximate surface area is 175 Å². The van der Waals surface area contributed by atoms with Crippen LogP contribution in [0.1, 0.15) is 11.3 Å². The van der Waals surface area contributed by atoms with Crippen molar-refractivity contribution in [1.82, 2.24) is 19.6 Å². The van der Waals surface area contributed by atoms with Crippen molar-refractivity contribution in [2.24, 2.45) is 0 Å². The Bertz CT molecular complexity index is 1280. The number of halogens is 3. The molecule has 7 nitrogen and oxygen atoms in total. The summed E-state index contributed by atoms with van der Waals surface area (Å²) in [5.41, 5.74) is 7.36. The summed E-state index contributed by atoms with van der Waals surface area (Å²) in [7, 11) is 3.07. The lowest BCUT2D eigenvalue weighted by molar-refractivity contribution is -0.137. The van der Waals surface area contributed by atoms with E-state index in [9.17, 15) is 13.2 Å². The number of alkyl halides is 3. The largest absolute Gasteiger partial charge is 0.493 e. The molecule has 0 radical (unpaired) electrons. The molecule has 0 unspecified atom stereocenters. The van der Waals surface area contributed by atoms with E-state index in [1.54, 1.807) is 31.2 Å². The van der Waals surface area contributed by atoms with Gasteiger partial charge in [0.1, 0.15) is 5.82 Å². The Kier molecular flexibility index (Phi) is 4.92. The number of rotatable bonds is 4. The third-order valence-corrected chi connectivity index (χ3v) is 4.83. The second-order valence-electron chi connectivity index (χ2n) is 6.76. The van der Waals surface area contributed by atoms with Crippen LogP contribution in [0.3, 0.4) is 0 Å². The summed E-state index contributed by atoms with van der Waals surface area (Å²) in [4.78, 5) is 8.15. The molecule has 0 spiro atoms. The van der Waals surface area contributed by atoms with Crippen molar-refractivity contribution in [2.75, 3.05) is 20.0 Å². The predicted octanol–water partition coefficient (Wildman–Crippen LogP) is 4.38. The van der Waals surface area contributed by atoms with Gasteiger partial charge in [0.2, 0.25) is 0 Å². The van der Waals surface area contributed by atoms with Gasteiger partial charge in [0, 0.05) is 17.3 Å². The molecule has 10 heteroatoms. The van der Waals surface area contributed by atoms with Crippen molar-refractivity contribution in [3.05, 3.63) is 53.9 Å². The van der Waals surface area contributed by atoms with Crippen LogP contribution in [0.5, 0.6) is 11.5 Å². The number of nitrogens with two attached hydrogens (primary N) is 1. The minimum Gasteiger partial charge on any atom is -0.493 e. The molecular formula is C21H18F3N5O2.